The van der Waals surface area contributed by atoms with Gasteiger partial charge < -0.3 is 19.1 Å². The van der Waals surface area contributed by atoms with Gasteiger partial charge in [-0.25, -0.2) is 0 Å². The normalized spacial score (nSPS) is 13.8. The Morgan fingerprint density at radius 2 is 1.50 bits per heavy atom. The Hall–Kier alpha value is -3.54. The summed E-state index contributed by atoms with van der Waals surface area (Å²) in [5.41, 5.74) is 5.78. The van der Waals surface area contributed by atoms with Crippen molar-refractivity contribution in [3.05, 3.63) is 71.4 Å². The molecule has 0 radical (unpaired) electrons. The predicted octanol–water partition coefficient (Wildman–Crippen LogP) is 4.85. The SMILES string of the molecule is CCCC(=O)N1CCN(C(=O)c2cc(-c3ccc(OC)cc3)n(-c3ccc(C)cc3)c2C)CC1. The third-order valence-corrected chi connectivity index (χ3v) is 6.54. The summed E-state index contributed by atoms with van der Waals surface area (Å²) < 4.78 is 7.47. The van der Waals surface area contributed by atoms with E-state index in [-0.39, 0.29) is 11.8 Å². The van der Waals surface area contributed by atoms with Gasteiger partial charge in [0.15, 0.2) is 0 Å². The first-order valence-electron chi connectivity index (χ1n) is 11.9. The Morgan fingerprint density at radius 3 is 2.09 bits per heavy atom. The number of methoxy groups -OCH3 is 1. The van der Waals surface area contributed by atoms with Crippen LogP contribution in [0, 0.1) is 13.8 Å². The minimum absolute atomic E-state index is 0.0145. The molecule has 1 aromatic heterocycles. The van der Waals surface area contributed by atoms with Crippen molar-refractivity contribution in [1.29, 1.82) is 0 Å². The second-order valence-electron chi connectivity index (χ2n) is 8.85. The van der Waals surface area contributed by atoms with Crippen molar-refractivity contribution < 1.29 is 14.3 Å². The van der Waals surface area contributed by atoms with Crippen LogP contribution in [-0.2, 0) is 4.79 Å². The van der Waals surface area contributed by atoms with Gasteiger partial charge in [0.1, 0.15) is 5.75 Å². The van der Waals surface area contributed by atoms with E-state index >= 15 is 0 Å². The molecule has 6 nitrogen and oxygen atoms in total. The van der Waals surface area contributed by atoms with Crippen LogP contribution >= 0.6 is 0 Å². The number of ether oxygens (including phenoxy) is 1. The highest BCUT2D eigenvalue weighted by Gasteiger charge is 2.27. The van der Waals surface area contributed by atoms with Crippen LogP contribution in [0.25, 0.3) is 16.9 Å². The van der Waals surface area contributed by atoms with Crippen molar-refractivity contribution in [2.24, 2.45) is 0 Å². The van der Waals surface area contributed by atoms with Crippen LogP contribution in [0.3, 0.4) is 0 Å². The molecule has 1 fully saturated rings. The van der Waals surface area contributed by atoms with E-state index in [1.807, 2.05) is 54.0 Å². The van der Waals surface area contributed by atoms with Crippen LogP contribution in [0.4, 0.5) is 0 Å². The van der Waals surface area contributed by atoms with E-state index in [0.717, 1.165) is 34.8 Å². The van der Waals surface area contributed by atoms with Gasteiger partial charge in [0.05, 0.1) is 18.4 Å². The lowest BCUT2D eigenvalue weighted by atomic mass is 10.1. The molecule has 0 saturated carbocycles. The van der Waals surface area contributed by atoms with Gasteiger partial charge in [0.25, 0.3) is 5.91 Å². The van der Waals surface area contributed by atoms with Gasteiger partial charge in [-0.3, -0.25) is 9.59 Å². The maximum absolute atomic E-state index is 13.6. The van der Waals surface area contributed by atoms with Crippen molar-refractivity contribution in [2.45, 2.75) is 33.6 Å². The van der Waals surface area contributed by atoms with Crippen molar-refractivity contribution >= 4 is 11.8 Å². The second-order valence-corrected chi connectivity index (χ2v) is 8.85. The zero-order valence-corrected chi connectivity index (χ0v) is 20.5. The Kier molecular flexibility index (Phi) is 7.06. The van der Waals surface area contributed by atoms with Gasteiger partial charge in [0.2, 0.25) is 5.91 Å². The quantitative estimate of drug-likeness (QED) is 0.529. The third-order valence-electron chi connectivity index (χ3n) is 6.54. The first-order chi connectivity index (χ1) is 16.4. The maximum atomic E-state index is 13.6. The minimum Gasteiger partial charge on any atom is -0.497 e. The lowest BCUT2D eigenvalue weighted by Crippen LogP contribution is -2.50. The molecule has 4 rings (SSSR count). The number of aromatic nitrogens is 1. The highest BCUT2D eigenvalue weighted by molar-refractivity contribution is 5.97. The fourth-order valence-electron chi connectivity index (χ4n) is 4.53. The molecule has 0 unspecified atom stereocenters. The zero-order valence-electron chi connectivity index (χ0n) is 20.5. The molecule has 1 aliphatic heterocycles. The summed E-state index contributed by atoms with van der Waals surface area (Å²) in [7, 11) is 1.65. The van der Waals surface area contributed by atoms with E-state index in [9.17, 15) is 9.59 Å². The van der Waals surface area contributed by atoms with Gasteiger partial charge in [-0.2, -0.15) is 0 Å². The molecule has 3 aromatic rings. The summed E-state index contributed by atoms with van der Waals surface area (Å²) in [4.78, 5) is 29.6. The predicted molar refractivity (Wildman–Crippen MR) is 135 cm³/mol. The highest BCUT2D eigenvalue weighted by atomic mass is 16.5. The van der Waals surface area contributed by atoms with Crippen molar-refractivity contribution in [2.75, 3.05) is 33.3 Å². The summed E-state index contributed by atoms with van der Waals surface area (Å²) in [6, 6.07) is 18.2. The van der Waals surface area contributed by atoms with Gasteiger partial charge in [-0.1, -0.05) is 24.6 Å². The summed E-state index contributed by atoms with van der Waals surface area (Å²) in [5, 5.41) is 0. The highest BCUT2D eigenvalue weighted by Crippen LogP contribution is 2.31. The Labute approximate surface area is 201 Å². The molecular formula is C28H33N3O3. The van der Waals surface area contributed by atoms with Gasteiger partial charge >= 0.3 is 0 Å². The molecule has 0 atom stereocenters. The second kappa shape index (κ2) is 10.2. The third kappa shape index (κ3) is 4.72. The lowest BCUT2D eigenvalue weighted by Gasteiger charge is -2.34. The van der Waals surface area contributed by atoms with Gasteiger partial charge in [0, 0.05) is 44.0 Å². The molecule has 0 aliphatic carbocycles. The molecule has 0 spiro atoms. The molecule has 0 N–H and O–H groups in total. The van der Waals surface area contributed by atoms with Crippen molar-refractivity contribution in [3.63, 3.8) is 0 Å². The minimum atomic E-state index is 0.0145. The smallest absolute Gasteiger partial charge is 0.255 e. The van der Waals surface area contributed by atoms with Gasteiger partial charge in [-0.05, 0) is 68.3 Å². The molecule has 34 heavy (non-hydrogen) atoms. The Balaban J connectivity index is 1.67. The van der Waals surface area contributed by atoms with Crippen LogP contribution in [0.5, 0.6) is 5.75 Å². The Morgan fingerprint density at radius 1 is 0.882 bits per heavy atom. The number of hydrogen-bond acceptors (Lipinski definition) is 3. The summed E-state index contributed by atoms with van der Waals surface area (Å²) in [6.45, 7) is 8.38. The first kappa shape index (κ1) is 23.6. The number of amides is 2. The molecule has 2 heterocycles. The topological polar surface area (TPSA) is 54.8 Å². The Bertz CT molecular complexity index is 1150. The summed E-state index contributed by atoms with van der Waals surface area (Å²) >= 11 is 0. The molecular weight excluding hydrogens is 426 g/mol. The van der Waals surface area contributed by atoms with Crippen LogP contribution < -0.4 is 4.74 Å². The van der Waals surface area contributed by atoms with E-state index in [2.05, 4.69) is 35.8 Å². The number of nitrogens with zero attached hydrogens (tertiary/aromatic N) is 3. The first-order valence-corrected chi connectivity index (χ1v) is 11.9. The molecule has 6 heteroatoms. The summed E-state index contributed by atoms with van der Waals surface area (Å²) in [5.74, 6) is 0.986. The number of carbonyl (C=O) groups is 2. The number of benzene rings is 2. The largest absolute Gasteiger partial charge is 0.497 e. The number of rotatable bonds is 6. The van der Waals surface area contributed by atoms with Crippen LogP contribution in [-0.4, -0.2) is 59.5 Å². The molecule has 2 aromatic carbocycles. The zero-order chi connectivity index (χ0) is 24.2. The number of aryl methyl sites for hydroxylation is 1. The number of carbonyl (C=O) groups excluding carboxylic acids is 2. The molecule has 0 bridgehead atoms. The average Bonchev–Trinajstić information content (AvgIpc) is 3.21. The number of hydrogen-bond donors (Lipinski definition) is 0. The average molecular weight is 460 g/mol. The van der Waals surface area contributed by atoms with Crippen LogP contribution in [0.2, 0.25) is 0 Å². The van der Waals surface area contributed by atoms with E-state index in [1.54, 1.807) is 7.11 Å². The monoisotopic (exact) mass is 459 g/mol. The summed E-state index contributed by atoms with van der Waals surface area (Å²) in [6.07, 6.45) is 1.41. The standard InChI is InChI=1S/C28H33N3O3/c1-5-6-27(32)29-15-17-30(18-16-29)28(33)25-19-26(22-9-13-24(34-4)14-10-22)31(21(25)3)23-11-7-20(2)8-12-23/h7-14,19H,5-6,15-18H2,1-4H3. The molecule has 1 aliphatic rings. The molecule has 1 saturated heterocycles. The van der Waals surface area contributed by atoms with Gasteiger partial charge in [-0.15, -0.1) is 0 Å². The molecule has 178 valence electrons. The van der Waals surface area contributed by atoms with E-state index in [1.165, 1.54) is 5.56 Å². The number of piperazine rings is 1. The maximum Gasteiger partial charge on any atom is 0.255 e. The lowest BCUT2D eigenvalue weighted by molar-refractivity contribution is -0.132. The van der Waals surface area contributed by atoms with E-state index in [4.69, 9.17) is 4.74 Å². The van der Waals surface area contributed by atoms with Crippen LogP contribution in [0.1, 0.15) is 41.4 Å². The fourth-order valence-corrected chi connectivity index (χ4v) is 4.53. The van der Waals surface area contributed by atoms with E-state index < -0.39 is 0 Å². The molecule has 2 amide bonds. The van der Waals surface area contributed by atoms with E-state index in [0.29, 0.717) is 38.2 Å². The van der Waals surface area contributed by atoms with Crippen molar-refractivity contribution in [3.8, 4) is 22.7 Å². The fraction of sp³-hybridized carbons (Fsp3) is 0.357. The van der Waals surface area contributed by atoms with Crippen LogP contribution in [0.15, 0.2) is 54.6 Å². The van der Waals surface area contributed by atoms with Crippen molar-refractivity contribution in [1.82, 2.24) is 14.4 Å².